The number of hydrogen-bond donors (Lipinski definition) is 1. The normalized spacial score (nSPS) is 17.8. The molecular weight excluding hydrogens is 478 g/mol. The summed E-state index contributed by atoms with van der Waals surface area (Å²) in [4.78, 5) is 34.7. The molecule has 4 aromatic rings. The molecule has 1 aliphatic rings. The van der Waals surface area contributed by atoms with Crippen LogP contribution in [0.15, 0.2) is 59.8 Å². The van der Waals surface area contributed by atoms with Gasteiger partial charge in [-0.2, -0.15) is 0 Å². The van der Waals surface area contributed by atoms with Gasteiger partial charge in [-0.1, -0.05) is 23.7 Å². The van der Waals surface area contributed by atoms with Gasteiger partial charge in [-0.05, 0) is 56.7 Å². The first-order valence-corrected chi connectivity index (χ1v) is 12.4. The zero-order chi connectivity index (χ0) is 25.2. The Hall–Kier alpha value is -3.65. The number of pyridine rings is 2. The van der Waals surface area contributed by atoms with Crippen molar-refractivity contribution in [1.29, 1.82) is 0 Å². The zero-order valence-electron chi connectivity index (χ0n) is 20.3. The molecule has 1 saturated carbocycles. The first-order valence-electron chi connectivity index (χ1n) is 12.1. The Balaban J connectivity index is 1.31. The number of para-hydroxylation sites is 2. The Morgan fingerprint density at radius 3 is 2.61 bits per heavy atom. The monoisotopic (exact) mass is 505 g/mol. The van der Waals surface area contributed by atoms with Crippen LogP contribution >= 0.6 is 11.6 Å². The molecule has 3 aromatic heterocycles. The molecule has 0 unspecified atom stereocenters. The fourth-order valence-electron chi connectivity index (χ4n) is 5.02. The molecule has 0 atom stereocenters. The number of amides is 1. The second-order valence-corrected chi connectivity index (χ2v) is 9.71. The topological polar surface area (TPSA) is 91.0 Å². The second-order valence-electron chi connectivity index (χ2n) is 9.28. The maximum Gasteiger partial charge on any atom is 0.333 e. The van der Waals surface area contributed by atoms with E-state index in [4.69, 9.17) is 16.3 Å². The summed E-state index contributed by atoms with van der Waals surface area (Å²) >= 11 is 6.03. The van der Waals surface area contributed by atoms with Gasteiger partial charge in [0.05, 0.1) is 52.5 Å². The van der Waals surface area contributed by atoms with E-state index in [0.29, 0.717) is 40.2 Å². The average molecular weight is 506 g/mol. The third-order valence-corrected chi connectivity index (χ3v) is 7.16. The number of nitrogens with one attached hydrogen (secondary N) is 1. The molecule has 0 aliphatic heterocycles. The molecule has 0 saturated heterocycles. The fraction of sp³-hybridized carbons (Fsp3) is 0.333. The van der Waals surface area contributed by atoms with Crippen molar-refractivity contribution in [3.63, 3.8) is 0 Å². The summed E-state index contributed by atoms with van der Waals surface area (Å²) in [5.41, 5.74) is 3.48. The first-order chi connectivity index (χ1) is 17.4. The summed E-state index contributed by atoms with van der Waals surface area (Å²) in [5.74, 6) is 0.797. The Morgan fingerprint density at radius 2 is 1.86 bits per heavy atom. The van der Waals surface area contributed by atoms with E-state index in [1.807, 2.05) is 34.9 Å². The number of aryl methyl sites for hydroxylation is 1. The molecular formula is C27H28ClN5O3. The fourth-order valence-corrected chi connectivity index (χ4v) is 5.18. The van der Waals surface area contributed by atoms with Gasteiger partial charge < -0.3 is 10.1 Å². The highest BCUT2D eigenvalue weighted by Gasteiger charge is 2.25. The van der Waals surface area contributed by atoms with Crippen molar-refractivity contribution in [2.24, 2.45) is 5.92 Å². The van der Waals surface area contributed by atoms with Crippen LogP contribution < -0.4 is 15.7 Å². The summed E-state index contributed by atoms with van der Waals surface area (Å²) in [7, 11) is 1.58. The van der Waals surface area contributed by atoms with Crippen molar-refractivity contribution in [3.05, 3.63) is 81.8 Å². The van der Waals surface area contributed by atoms with E-state index in [-0.39, 0.29) is 17.6 Å². The number of carbonyl (C=O) groups excluding carboxylic acids is 1. The van der Waals surface area contributed by atoms with Crippen molar-refractivity contribution >= 4 is 28.5 Å². The van der Waals surface area contributed by atoms with E-state index in [1.54, 1.807) is 43.3 Å². The standard InChI is InChI=1S/C27H28ClN5O3/c1-17-23(11-19(28)13-30-17)26(34)31-20-9-7-18(8-10-20)16-32-24-5-3-4-6-25(24)33(27(32)35)21-12-22(36-2)15-29-14-21/h3-6,11-15,18,20H,7-10,16H2,1-2H3,(H,31,34)/t18-,20-. The number of fused-ring (bicyclic) bond motifs is 1. The van der Waals surface area contributed by atoms with E-state index in [2.05, 4.69) is 15.3 Å². The van der Waals surface area contributed by atoms with Gasteiger partial charge >= 0.3 is 5.69 Å². The number of benzene rings is 1. The molecule has 0 spiro atoms. The summed E-state index contributed by atoms with van der Waals surface area (Å²) < 4.78 is 8.86. The minimum Gasteiger partial charge on any atom is -0.495 e. The minimum absolute atomic E-state index is 0.0908. The summed E-state index contributed by atoms with van der Waals surface area (Å²) in [6, 6.07) is 11.4. The van der Waals surface area contributed by atoms with Gasteiger partial charge in [0.15, 0.2) is 0 Å². The summed E-state index contributed by atoms with van der Waals surface area (Å²) in [6.45, 7) is 2.43. The molecule has 0 bridgehead atoms. The molecule has 9 heteroatoms. The maximum atomic E-state index is 13.6. The van der Waals surface area contributed by atoms with E-state index in [0.717, 1.165) is 36.7 Å². The average Bonchev–Trinajstić information content (AvgIpc) is 3.17. The molecule has 186 valence electrons. The molecule has 0 radical (unpaired) electrons. The molecule has 1 aliphatic carbocycles. The smallest absolute Gasteiger partial charge is 0.333 e. The van der Waals surface area contributed by atoms with E-state index in [1.165, 1.54) is 0 Å². The van der Waals surface area contributed by atoms with Gasteiger partial charge in [-0.25, -0.2) is 4.79 Å². The van der Waals surface area contributed by atoms with E-state index in [9.17, 15) is 9.59 Å². The number of nitrogens with zero attached hydrogens (tertiary/aromatic N) is 4. The van der Waals surface area contributed by atoms with Crippen LogP contribution in [0.1, 0.15) is 41.7 Å². The van der Waals surface area contributed by atoms with Gasteiger partial charge in [0.1, 0.15) is 5.75 Å². The predicted octanol–water partition coefficient (Wildman–Crippen LogP) is 4.54. The van der Waals surface area contributed by atoms with Gasteiger partial charge in [-0.3, -0.25) is 23.9 Å². The Morgan fingerprint density at radius 1 is 1.11 bits per heavy atom. The lowest BCUT2D eigenvalue weighted by molar-refractivity contribution is 0.0919. The number of carbonyl (C=O) groups is 1. The Kier molecular flexibility index (Phi) is 6.78. The number of imidazole rings is 1. The van der Waals surface area contributed by atoms with Crippen LogP contribution in [0.4, 0.5) is 0 Å². The molecule has 1 aromatic carbocycles. The Bertz CT molecular complexity index is 1470. The lowest BCUT2D eigenvalue weighted by Crippen LogP contribution is -2.39. The SMILES string of the molecule is COc1cncc(-n2c(=O)n(C[C@H]3CC[C@H](NC(=O)c4cc(Cl)cnc4C)CC3)c3ccccc32)c1. The van der Waals surface area contributed by atoms with Crippen molar-refractivity contribution in [3.8, 4) is 11.4 Å². The highest BCUT2D eigenvalue weighted by molar-refractivity contribution is 6.30. The second kappa shape index (κ2) is 10.1. The van der Waals surface area contributed by atoms with Crippen molar-refractivity contribution in [2.45, 2.75) is 45.2 Å². The molecule has 3 heterocycles. The number of halogens is 1. The molecule has 1 fully saturated rings. The molecule has 36 heavy (non-hydrogen) atoms. The van der Waals surface area contributed by atoms with Crippen LogP contribution in [0.3, 0.4) is 0 Å². The Labute approximate surface area is 213 Å². The third kappa shape index (κ3) is 4.73. The van der Waals surface area contributed by atoms with Gasteiger partial charge in [-0.15, -0.1) is 0 Å². The lowest BCUT2D eigenvalue weighted by atomic mass is 9.85. The number of rotatable bonds is 6. The van der Waals surface area contributed by atoms with Crippen LogP contribution in [0, 0.1) is 12.8 Å². The van der Waals surface area contributed by atoms with Crippen molar-refractivity contribution in [2.75, 3.05) is 7.11 Å². The van der Waals surface area contributed by atoms with Crippen LogP contribution in [-0.2, 0) is 6.54 Å². The number of methoxy groups -OCH3 is 1. The largest absolute Gasteiger partial charge is 0.495 e. The molecule has 5 rings (SSSR count). The van der Waals surface area contributed by atoms with Gasteiger partial charge in [0.25, 0.3) is 5.91 Å². The molecule has 8 nitrogen and oxygen atoms in total. The number of aromatic nitrogens is 4. The summed E-state index contributed by atoms with van der Waals surface area (Å²) in [6.07, 6.45) is 8.39. The predicted molar refractivity (Wildman–Crippen MR) is 139 cm³/mol. The maximum absolute atomic E-state index is 13.6. The van der Waals surface area contributed by atoms with Gasteiger partial charge in [0, 0.05) is 24.8 Å². The van der Waals surface area contributed by atoms with E-state index >= 15 is 0 Å². The summed E-state index contributed by atoms with van der Waals surface area (Å²) in [5, 5.41) is 3.58. The molecule has 1 amide bonds. The van der Waals surface area contributed by atoms with E-state index < -0.39 is 0 Å². The third-order valence-electron chi connectivity index (χ3n) is 6.95. The zero-order valence-corrected chi connectivity index (χ0v) is 21.0. The lowest BCUT2D eigenvalue weighted by Gasteiger charge is -2.29. The number of hydrogen-bond acceptors (Lipinski definition) is 5. The van der Waals surface area contributed by atoms with Crippen LogP contribution in [0.2, 0.25) is 5.02 Å². The minimum atomic E-state index is -0.142. The number of ether oxygens (including phenoxy) is 1. The van der Waals surface area contributed by atoms with Crippen molar-refractivity contribution < 1.29 is 9.53 Å². The first kappa shape index (κ1) is 24.1. The van der Waals surface area contributed by atoms with Gasteiger partial charge in [0.2, 0.25) is 0 Å². The van der Waals surface area contributed by atoms with Crippen LogP contribution in [0.5, 0.6) is 5.75 Å². The highest BCUT2D eigenvalue weighted by Crippen LogP contribution is 2.28. The molecule has 1 N–H and O–H groups in total. The van der Waals surface area contributed by atoms with Crippen molar-refractivity contribution in [1.82, 2.24) is 24.4 Å². The highest BCUT2D eigenvalue weighted by atomic mass is 35.5. The van der Waals surface area contributed by atoms with Crippen LogP contribution in [0.25, 0.3) is 16.7 Å². The quantitative estimate of drug-likeness (QED) is 0.415. The van der Waals surface area contributed by atoms with Crippen LogP contribution in [-0.4, -0.2) is 38.2 Å².